The second-order valence-corrected chi connectivity index (χ2v) is 5.88. The first-order chi connectivity index (χ1) is 11.7. The van der Waals surface area contributed by atoms with Crippen LogP contribution in [0.5, 0.6) is 11.6 Å². The number of nitrogens with one attached hydrogen (secondary N) is 2. The number of nitrogens with zero attached hydrogens (tertiary/aromatic N) is 1. The molecule has 0 unspecified atom stereocenters. The summed E-state index contributed by atoms with van der Waals surface area (Å²) in [5.41, 5.74) is 0.734. The first-order valence-electron chi connectivity index (χ1n) is 8.05. The van der Waals surface area contributed by atoms with E-state index in [-0.39, 0.29) is 36.5 Å². The lowest BCUT2D eigenvalue weighted by Gasteiger charge is -2.11. The van der Waals surface area contributed by atoms with Crippen molar-refractivity contribution in [1.29, 1.82) is 0 Å². The van der Waals surface area contributed by atoms with Crippen LogP contribution in [0.4, 0.5) is 4.39 Å². The minimum absolute atomic E-state index is 0. The normalized spacial score (nSPS) is 12.5. The Bertz CT molecular complexity index is 714. The maximum atomic E-state index is 13.2. The molecular weight excluding hydrogens is 380 g/mol. The third-order valence-corrected chi connectivity index (χ3v) is 3.75. The van der Waals surface area contributed by atoms with Gasteiger partial charge in [0.05, 0.1) is 6.54 Å². The van der Waals surface area contributed by atoms with Crippen LogP contribution in [0.15, 0.2) is 42.6 Å². The first kappa shape index (κ1) is 22.2. The molecule has 1 aliphatic carbocycles. The van der Waals surface area contributed by atoms with Gasteiger partial charge in [-0.05, 0) is 43.5 Å². The monoisotopic (exact) mass is 401 g/mol. The number of carbonyl (C=O) groups excluding carboxylic acids is 1. The lowest BCUT2D eigenvalue weighted by atomic mass is 10.2. The number of benzene rings is 1. The highest BCUT2D eigenvalue weighted by molar-refractivity contribution is 5.85. The Labute approximate surface area is 164 Å². The molecule has 1 aliphatic rings. The molecule has 1 aromatic carbocycles. The zero-order chi connectivity index (χ0) is 16.8. The zero-order valence-electron chi connectivity index (χ0n) is 14.1. The van der Waals surface area contributed by atoms with Crippen molar-refractivity contribution >= 4 is 30.7 Å². The van der Waals surface area contributed by atoms with Gasteiger partial charge >= 0.3 is 0 Å². The van der Waals surface area contributed by atoms with Crippen molar-refractivity contribution in [3.63, 3.8) is 0 Å². The van der Waals surface area contributed by atoms with E-state index in [4.69, 9.17) is 4.74 Å². The minimum Gasteiger partial charge on any atom is -0.439 e. The van der Waals surface area contributed by atoms with Crippen LogP contribution < -0.4 is 15.4 Å². The molecular formula is C18H22Cl2FN3O2. The molecule has 0 spiro atoms. The third kappa shape index (κ3) is 7.15. The van der Waals surface area contributed by atoms with Gasteiger partial charge in [-0.2, -0.15) is 0 Å². The molecule has 1 amide bonds. The molecule has 0 radical (unpaired) electrons. The Morgan fingerprint density at radius 1 is 1.23 bits per heavy atom. The van der Waals surface area contributed by atoms with Gasteiger partial charge in [-0.15, -0.1) is 24.8 Å². The molecule has 1 heterocycles. The SMILES string of the molecule is Cl.Cl.O=C(CNCC1CC1)NCc1cccnc1Oc1cccc(F)c1. The van der Waals surface area contributed by atoms with Crippen LogP contribution in [-0.2, 0) is 11.3 Å². The second kappa shape index (κ2) is 11.0. The summed E-state index contributed by atoms with van der Waals surface area (Å²) in [6.07, 6.45) is 4.10. The van der Waals surface area contributed by atoms with Crippen LogP contribution in [0.1, 0.15) is 18.4 Å². The lowest BCUT2D eigenvalue weighted by molar-refractivity contribution is -0.120. The van der Waals surface area contributed by atoms with E-state index in [1.54, 1.807) is 24.4 Å². The van der Waals surface area contributed by atoms with E-state index in [0.717, 1.165) is 18.0 Å². The molecule has 1 fully saturated rings. The van der Waals surface area contributed by atoms with Crippen molar-refractivity contribution in [2.24, 2.45) is 5.92 Å². The van der Waals surface area contributed by atoms with Gasteiger partial charge in [-0.25, -0.2) is 9.37 Å². The molecule has 142 valence electrons. The van der Waals surface area contributed by atoms with Crippen LogP contribution >= 0.6 is 24.8 Å². The molecule has 2 N–H and O–H groups in total. The Morgan fingerprint density at radius 2 is 2.04 bits per heavy atom. The van der Waals surface area contributed by atoms with Gasteiger partial charge in [0.1, 0.15) is 11.6 Å². The van der Waals surface area contributed by atoms with Gasteiger partial charge in [0.2, 0.25) is 11.8 Å². The van der Waals surface area contributed by atoms with E-state index >= 15 is 0 Å². The predicted molar refractivity (Wildman–Crippen MR) is 103 cm³/mol. The van der Waals surface area contributed by atoms with Crippen LogP contribution in [0.2, 0.25) is 0 Å². The molecule has 0 aliphatic heterocycles. The average Bonchev–Trinajstić information content (AvgIpc) is 3.38. The summed E-state index contributed by atoms with van der Waals surface area (Å²) in [5, 5.41) is 5.98. The fourth-order valence-electron chi connectivity index (χ4n) is 2.26. The van der Waals surface area contributed by atoms with Crippen molar-refractivity contribution in [1.82, 2.24) is 15.6 Å². The number of carbonyl (C=O) groups is 1. The van der Waals surface area contributed by atoms with Gasteiger partial charge in [0, 0.05) is 24.4 Å². The summed E-state index contributed by atoms with van der Waals surface area (Å²) in [6, 6.07) is 9.45. The Balaban J connectivity index is 0.00000169. The number of pyridine rings is 1. The first-order valence-corrected chi connectivity index (χ1v) is 8.05. The molecule has 26 heavy (non-hydrogen) atoms. The van der Waals surface area contributed by atoms with Crippen molar-refractivity contribution in [3.8, 4) is 11.6 Å². The van der Waals surface area contributed by atoms with E-state index in [1.807, 2.05) is 6.07 Å². The highest BCUT2D eigenvalue weighted by Gasteiger charge is 2.20. The summed E-state index contributed by atoms with van der Waals surface area (Å²) in [7, 11) is 0. The van der Waals surface area contributed by atoms with E-state index in [2.05, 4.69) is 15.6 Å². The summed E-state index contributed by atoms with van der Waals surface area (Å²) >= 11 is 0. The van der Waals surface area contributed by atoms with E-state index in [9.17, 15) is 9.18 Å². The van der Waals surface area contributed by atoms with Crippen molar-refractivity contribution in [2.45, 2.75) is 19.4 Å². The maximum Gasteiger partial charge on any atom is 0.234 e. The Morgan fingerprint density at radius 3 is 2.77 bits per heavy atom. The zero-order valence-corrected chi connectivity index (χ0v) is 15.7. The molecule has 0 bridgehead atoms. The maximum absolute atomic E-state index is 13.2. The third-order valence-electron chi connectivity index (χ3n) is 3.75. The van der Waals surface area contributed by atoms with Crippen molar-refractivity contribution in [3.05, 3.63) is 54.0 Å². The number of hydrogen-bond acceptors (Lipinski definition) is 4. The summed E-state index contributed by atoms with van der Waals surface area (Å²) in [5.74, 6) is 1.01. The van der Waals surface area contributed by atoms with Crippen LogP contribution in [0.3, 0.4) is 0 Å². The molecule has 8 heteroatoms. The largest absolute Gasteiger partial charge is 0.439 e. The molecule has 1 saturated carbocycles. The van der Waals surface area contributed by atoms with Crippen LogP contribution in [0.25, 0.3) is 0 Å². The molecule has 0 saturated heterocycles. The van der Waals surface area contributed by atoms with Crippen LogP contribution in [0, 0.1) is 11.7 Å². The standard InChI is InChI=1S/C18H20FN3O2.2ClH/c19-15-4-1-5-16(9-15)24-18-14(3-2-8-21-18)11-22-17(23)12-20-10-13-6-7-13;;/h1-5,8-9,13,20H,6-7,10-12H2,(H,22,23);2*1H. The fraction of sp³-hybridized carbons (Fsp3) is 0.333. The number of hydrogen-bond donors (Lipinski definition) is 2. The number of halogens is 3. The summed E-state index contributed by atoms with van der Waals surface area (Å²) in [6.45, 7) is 1.51. The van der Waals surface area contributed by atoms with Crippen molar-refractivity contribution < 1.29 is 13.9 Å². The van der Waals surface area contributed by atoms with Gasteiger partial charge in [0.25, 0.3) is 0 Å². The predicted octanol–water partition coefficient (Wildman–Crippen LogP) is 3.47. The summed E-state index contributed by atoms with van der Waals surface area (Å²) < 4.78 is 18.9. The van der Waals surface area contributed by atoms with E-state index in [1.165, 1.54) is 25.0 Å². The van der Waals surface area contributed by atoms with E-state index < -0.39 is 0 Å². The quantitative estimate of drug-likeness (QED) is 0.710. The highest BCUT2D eigenvalue weighted by atomic mass is 35.5. The molecule has 2 aromatic rings. The number of ether oxygens (including phenoxy) is 1. The topological polar surface area (TPSA) is 63.2 Å². The smallest absolute Gasteiger partial charge is 0.234 e. The molecule has 5 nitrogen and oxygen atoms in total. The molecule has 0 atom stereocenters. The van der Waals surface area contributed by atoms with Gasteiger partial charge in [0.15, 0.2) is 0 Å². The van der Waals surface area contributed by atoms with E-state index in [0.29, 0.717) is 24.7 Å². The number of amides is 1. The lowest BCUT2D eigenvalue weighted by Crippen LogP contribution is -2.34. The number of aromatic nitrogens is 1. The number of rotatable bonds is 8. The molecule has 1 aromatic heterocycles. The van der Waals surface area contributed by atoms with Crippen molar-refractivity contribution in [2.75, 3.05) is 13.1 Å². The minimum atomic E-state index is -0.375. The Kier molecular flexibility index (Phi) is 9.34. The van der Waals surface area contributed by atoms with Gasteiger partial charge in [-0.1, -0.05) is 12.1 Å². The fourth-order valence-corrected chi connectivity index (χ4v) is 2.26. The Hall–Kier alpha value is -1.89. The van der Waals surface area contributed by atoms with Gasteiger partial charge < -0.3 is 15.4 Å². The molecule has 3 rings (SSSR count). The summed E-state index contributed by atoms with van der Waals surface area (Å²) in [4.78, 5) is 16.0. The van der Waals surface area contributed by atoms with Gasteiger partial charge in [-0.3, -0.25) is 4.79 Å². The average molecular weight is 402 g/mol. The second-order valence-electron chi connectivity index (χ2n) is 5.88. The highest BCUT2D eigenvalue weighted by Crippen LogP contribution is 2.27. The van der Waals surface area contributed by atoms with Crippen LogP contribution in [-0.4, -0.2) is 24.0 Å².